The van der Waals surface area contributed by atoms with E-state index in [9.17, 15) is 13.2 Å². The van der Waals surface area contributed by atoms with Crippen molar-refractivity contribution in [3.8, 4) is 0 Å². The fourth-order valence-corrected chi connectivity index (χ4v) is 5.97. The van der Waals surface area contributed by atoms with Gasteiger partial charge in [-0.2, -0.15) is 4.31 Å². The Kier molecular flexibility index (Phi) is 5.81. The highest BCUT2D eigenvalue weighted by Crippen LogP contribution is 2.31. The Morgan fingerprint density at radius 1 is 1.29 bits per heavy atom. The molecule has 9 heteroatoms. The summed E-state index contributed by atoms with van der Waals surface area (Å²) in [6, 6.07) is 8.88. The topological polar surface area (TPSA) is 97.2 Å². The first-order valence-corrected chi connectivity index (χ1v) is 11.9. The van der Waals surface area contributed by atoms with Crippen LogP contribution in [0.1, 0.15) is 31.7 Å². The number of benzene rings is 1. The van der Waals surface area contributed by atoms with Crippen LogP contribution < -0.4 is 5.32 Å². The lowest BCUT2D eigenvalue weighted by Gasteiger charge is -2.19. The maximum Gasteiger partial charge on any atom is 0.245 e. The predicted molar refractivity (Wildman–Crippen MR) is 119 cm³/mol. The highest BCUT2D eigenvalue weighted by atomic mass is 32.2. The van der Waals surface area contributed by atoms with Crippen molar-refractivity contribution in [3.05, 3.63) is 47.9 Å². The van der Waals surface area contributed by atoms with E-state index in [-0.39, 0.29) is 16.7 Å². The number of pyridine rings is 1. The standard InChI is InChI=1S/C22H27N5O3S/c1-4-27-21(25-19-6-5-10-23-22(19)27)13-17-9-11-26(14-17)31(29,30)20-12-15(2)7-8-18(20)24-16(3)28/h5-8,10,12,17H,4,9,11,13-14H2,1-3H3,(H,24,28). The molecule has 2 aromatic heterocycles. The predicted octanol–water partition coefficient (Wildman–Crippen LogP) is 2.97. The number of aryl methyl sites for hydroxylation is 2. The number of carbonyl (C=O) groups is 1. The van der Waals surface area contributed by atoms with E-state index < -0.39 is 10.0 Å². The van der Waals surface area contributed by atoms with Gasteiger partial charge in [0.2, 0.25) is 15.9 Å². The molecule has 1 fully saturated rings. The summed E-state index contributed by atoms with van der Waals surface area (Å²) in [7, 11) is -3.72. The van der Waals surface area contributed by atoms with Gasteiger partial charge in [0.1, 0.15) is 16.2 Å². The van der Waals surface area contributed by atoms with Gasteiger partial charge in [0.05, 0.1) is 5.69 Å². The number of hydrogen-bond acceptors (Lipinski definition) is 5. The second-order valence-electron chi connectivity index (χ2n) is 8.02. The molecule has 1 unspecified atom stereocenters. The van der Waals surface area contributed by atoms with Gasteiger partial charge in [0.15, 0.2) is 5.65 Å². The Balaban J connectivity index is 1.57. The first kappa shape index (κ1) is 21.5. The number of fused-ring (bicyclic) bond motifs is 1. The van der Waals surface area contributed by atoms with Crippen molar-refractivity contribution >= 4 is 32.8 Å². The SMILES string of the molecule is CCn1c(CC2CCN(S(=O)(=O)c3cc(C)ccc3NC(C)=O)C2)nc2cccnc21. The van der Waals surface area contributed by atoms with Crippen molar-refractivity contribution in [3.63, 3.8) is 0 Å². The van der Waals surface area contributed by atoms with Gasteiger partial charge in [0, 0.05) is 39.2 Å². The summed E-state index contributed by atoms with van der Waals surface area (Å²) in [5.74, 6) is 0.813. The van der Waals surface area contributed by atoms with Crippen LogP contribution in [0.4, 0.5) is 5.69 Å². The molecule has 1 aliphatic rings. The minimum atomic E-state index is -3.72. The molecular weight excluding hydrogens is 414 g/mol. The maximum atomic E-state index is 13.4. The van der Waals surface area contributed by atoms with Crippen LogP contribution in [-0.2, 0) is 27.8 Å². The van der Waals surface area contributed by atoms with Crippen LogP contribution >= 0.6 is 0 Å². The van der Waals surface area contributed by atoms with Crippen LogP contribution in [0, 0.1) is 12.8 Å². The molecule has 1 aliphatic heterocycles. The summed E-state index contributed by atoms with van der Waals surface area (Å²) in [6.07, 6.45) is 3.22. The van der Waals surface area contributed by atoms with Crippen molar-refractivity contribution in [2.75, 3.05) is 18.4 Å². The largest absolute Gasteiger partial charge is 0.325 e. The maximum absolute atomic E-state index is 13.4. The number of hydrogen-bond donors (Lipinski definition) is 1. The molecule has 0 bridgehead atoms. The lowest BCUT2D eigenvalue weighted by Crippen LogP contribution is -2.30. The van der Waals surface area contributed by atoms with Gasteiger partial charge in [-0.15, -0.1) is 0 Å². The molecule has 0 spiro atoms. The van der Waals surface area contributed by atoms with E-state index in [1.54, 1.807) is 24.4 Å². The molecule has 4 rings (SSSR count). The molecule has 1 N–H and O–H groups in total. The number of rotatable bonds is 6. The van der Waals surface area contributed by atoms with Crippen molar-refractivity contribution in [2.24, 2.45) is 5.92 Å². The summed E-state index contributed by atoms with van der Waals surface area (Å²) in [5, 5.41) is 2.65. The smallest absolute Gasteiger partial charge is 0.245 e. The molecule has 0 saturated carbocycles. The number of anilines is 1. The van der Waals surface area contributed by atoms with E-state index in [1.807, 2.05) is 19.1 Å². The summed E-state index contributed by atoms with van der Waals surface area (Å²) in [4.78, 5) is 20.9. The van der Waals surface area contributed by atoms with Gasteiger partial charge < -0.3 is 9.88 Å². The Bertz CT molecular complexity index is 1240. The monoisotopic (exact) mass is 441 g/mol. The van der Waals surface area contributed by atoms with Crippen molar-refractivity contribution in [2.45, 2.75) is 45.1 Å². The van der Waals surface area contributed by atoms with E-state index in [2.05, 4.69) is 21.8 Å². The van der Waals surface area contributed by atoms with Crippen LogP contribution in [0.25, 0.3) is 11.2 Å². The first-order valence-electron chi connectivity index (χ1n) is 10.5. The minimum Gasteiger partial charge on any atom is -0.325 e. The average molecular weight is 442 g/mol. The van der Waals surface area contributed by atoms with Crippen LogP contribution in [0.15, 0.2) is 41.4 Å². The Morgan fingerprint density at radius 2 is 2.10 bits per heavy atom. The Hall–Kier alpha value is -2.78. The zero-order valence-corrected chi connectivity index (χ0v) is 18.8. The molecular formula is C22H27N5O3S. The molecule has 3 heterocycles. The zero-order chi connectivity index (χ0) is 22.2. The van der Waals surface area contributed by atoms with Crippen molar-refractivity contribution < 1.29 is 13.2 Å². The fourth-order valence-electron chi connectivity index (χ4n) is 4.21. The third kappa shape index (κ3) is 4.20. The van der Waals surface area contributed by atoms with Crippen LogP contribution in [0.3, 0.4) is 0 Å². The van der Waals surface area contributed by atoms with Crippen LogP contribution in [0.5, 0.6) is 0 Å². The molecule has 1 aromatic carbocycles. The summed E-state index contributed by atoms with van der Waals surface area (Å²) < 4.78 is 30.4. The number of amides is 1. The Labute approximate surface area is 182 Å². The minimum absolute atomic E-state index is 0.147. The number of sulfonamides is 1. The zero-order valence-electron chi connectivity index (χ0n) is 18.0. The van der Waals surface area contributed by atoms with Crippen molar-refractivity contribution in [1.82, 2.24) is 18.8 Å². The van der Waals surface area contributed by atoms with Gasteiger partial charge >= 0.3 is 0 Å². The Morgan fingerprint density at radius 3 is 2.84 bits per heavy atom. The molecule has 1 saturated heterocycles. The summed E-state index contributed by atoms with van der Waals surface area (Å²) in [6.45, 7) is 6.91. The lowest BCUT2D eigenvalue weighted by atomic mass is 10.0. The van der Waals surface area contributed by atoms with Crippen LogP contribution in [0.2, 0.25) is 0 Å². The molecule has 31 heavy (non-hydrogen) atoms. The number of imidazole rings is 1. The van der Waals surface area contributed by atoms with E-state index in [1.165, 1.54) is 11.2 Å². The van der Waals surface area contributed by atoms with Gasteiger partial charge in [-0.05, 0) is 56.0 Å². The van der Waals surface area contributed by atoms with E-state index in [0.717, 1.165) is 35.5 Å². The lowest BCUT2D eigenvalue weighted by molar-refractivity contribution is -0.114. The second kappa shape index (κ2) is 8.39. The van der Waals surface area contributed by atoms with Gasteiger partial charge in [-0.3, -0.25) is 4.79 Å². The van der Waals surface area contributed by atoms with Crippen LogP contribution in [-0.4, -0.2) is 46.3 Å². The molecule has 0 radical (unpaired) electrons. The number of nitrogens with zero attached hydrogens (tertiary/aromatic N) is 4. The second-order valence-corrected chi connectivity index (χ2v) is 9.93. The third-order valence-corrected chi connectivity index (χ3v) is 7.59. The average Bonchev–Trinajstić information content (AvgIpc) is 3.33. The highest BCUT2D eigenvalue weighted by Gasteiger charge is 2.35. The highest BCUT2D eigenvalue weighted by molar-refractivity contribution is 7.89. The van der Waals surface area contributed by atoms with Gasteiger partial charge in [-0.25, -0.2) is 18.4 Å². The molecule has 1 atom stereocenters. The number of aromatic nitrogens is 3. The molecule has 3 aromatic rings. The van der Waals surface area contributed by atoms with E-state index in [4.69, 9.17) is 4.98 Å². The first-order chi connectivity index (χ1) is 14.8. The van der Waals surface area contributed by atoms with Crippen molar-refractivity contribution in [1.29, 1.82) is 0 Å². The molecule has 1 amide bonds. The summed E-state index contributed by atoms with van der Waals surface area (Å²) in [5.41, 5.74) is 2.87. The van der Waals surface area contributed by atoms with Gasteiger partial charge in [-0.1, -0.05) is 6.07 Å². The fraction of sp³-hybridized carbons (Fsp3) is 0.409. The molecule has 164 valence electrons. The third-order valence-electron chi connectivity index (χ3n) is 5.68. The van der Waals surface area contributed by atoms with Gasteiger partial charge in [0.25, 0.3) is 0 Å². The van der Waals surface area contributed by atoms with E-state index in [0.29, 0.717) is 25.2 Å². The quantitative estimate of drug-likeness (QED) is 0.634. The number of carbonyl (C=O) groups excluding carboxylic acids is 1. The van der Waals surface area contributed by atoms with E-state index >= 15 is 0 Å². The molecule has 0 aliphatic carbocycles. The normalized spacial score (nSPS) is 17.3. The summed E-state index contributed by atoms with van der Waals surface area (Å²) >= 11 is 0. The molecule has 8 nitrogen and oxygen atoms in total. The number of nitrogens with one attached hydrogen (secondary N) is 1.